The van der Waals surface area contributed by atoms with E-state index in [1.54, 1.807) is 5.32 Å². The van der Waals surface area contributed by atoms with Crippen LogP contribution in [0.1, 0.15) is 10.4 Å². The molecule has 2 rings (SSSR count). The minimum absolute atomic E-state index is 0.0463. The van der Waals surface area contributed by atoms with Crippen molar-refractivity contribution in [3.05, 3.63) is 59.1 Å². The second kappa shape index (κ2) is 6.70. The molecule has 0 spiro atoms. The molecule has 0 heterocycles. The van der Waals surface area contributed by atoms with Gasteiger partial charge in [0, 0.05) is 10.6 Å². The third-order valence-electron chi connectivity index (χ3n) is 2.79. The van der Waals surface area contributed by atoms with Gasteiger partial charge in [0.25, 0.3) is 5.91 Å². The minimum atomic E-state index is -5.02. The minimum Gasteiger partial charge on any atom is -0.320 e. The number of halogens is 4. The first-order chi connectivity index (χ1) is 10.8. The van der Waals surface area contributed by atoms with Gasteiger partial charge in [-0.15, -0.1) is 0 Å². The van der Waals surface area contributed by atoms with Crippen molar-refractivity contribution in [3.63, 3.8) is 0 Å². The number of alkyl halides is 3. The van der Waals surface area contributed by atoms with Crippen LogP contribution in [0.5, 0.6) is 0 Å². The second-order valence-corrected chi connectivity index (χ2v) is 4.89. The van der Waals surface area contributed by atoms with E-state index in [0.29, 0.717) is 5.02 Å². The molecule has 0 atom stereocenters. The number of hydrogen-bond acceptors (Lipinski definition) is 2. The highest BCUT2D eigenvalue weighted by molar-refractivity contribution is 6.30. The van der Waals surface area contributed by atoms with Crippen LogP contribution in [0.25, 0.3) is 0 Å². The molecule has 0 saturated heterocycles. The molecular weight excluding hydrogens is 333 g/mol. The zero-order valence-corrected chi connectivity index (χ0v) is 12.2. The Bertz CT molecular complexity index is 730. The van der Waals surface area contributed by atoms with Crippen LogP contribution in [0.3, 0.4) is 0 Å². The van der Waals surface area contributed by atoms with Crippen LogP contribution in [-0.2, 0) is 4.79 Å². The van der Waals surface area contributed by atoms with Gasteiger partial charge < -0.3 is 10.6 Å². The number of anilines is 2. The Kier molecular flexibility index (Phi) is 4.90. The fraction of sp³-hybridized carbons (Fsp3) is 0.0667. The van der Waals surface area contributed by atoms with Crippen LogP contribution in [-0.4, -0.2) is 18.0 Å². The molecule has 0 aliphatic rings. The number of benzene rings is 2. The van der Waals surface area contributed by atoms with Crippen LogP contribution >= 0.6 is 11.6 Å². The van der Waals surface area contributed by atoms with E-state index >= 15 is 0 Å². The summed E-state index contributed by atoms with van der Waals surface area (Å²) in [6, 6.07) is 11.5. The molecule has 4 nitrogen and oxygen atoms in total. The Hall–Kier alpha value is -2.54. The maximum Gasteiger partial charge on any atom is 0.471 e. The Morgan fingerprint density at radius 2 is 1.39 bits per heavy atom. The zero-order chi connectivity index (χ0) is 17.0. The van der Waals surface area contributed by atoms with Crippen LogP contribution in [0.4, 0.5) is 24.5 Å². The van der Waals surface area contributed by atoms with Crippen molar-refractivity contribution < 1.29 is 22.8 Å². The van der Waals surface area contributed by atoms with E-state index in [4.69, 9.17) is 11.6 Å². The predicted octanol–water partition coefficient (Wildman–Crippen LogP) is 4.09. The van der Waals surface area contributed by atoms with Crippen LogP contribution in [0.2, 0.25) is 5.02 Å². The highest BCUT2D eigenvalue weighted by Crippen LogP contribution is 2.25. The van der Waals surface area contributed by atoms with Gasteiger partial charge >= 0.3 is 12.1 Å². The van der Waals surface area contributed by atoms with E-state index in [-0.39, 0.29) is 16.9 Å². The van der Waals surface area contributed by atoms with Gasteiger partial charge in [0.1, 0.15) is 0 Å². The van der Waals surface area contributed by atoms with Crippen LogP contribution in [0, 0.1) is 0 Å². The maximum absolute atomic E-state index is 12.3. The van der Waals surface area contributed by atoms with E-state index in [1.807, 2.05) is 0 Å². The molecule has 0 saturated carbocycles. The number of carbonyl (C=O) groups is 2. The molecule has 8 heteroatoms. The molecule has 0 aliphatic carbocycles. The molecule has 0 bridgehead atoms. The Labute approximate surface area is 134 Å². The fourth-order valence-corrected chi connectivity index (χ4v) is 1.82. The number of rotatable bonds is 3. The third-order valence-corrected chi connectivity index (χ3v) is 3.04. The van der Waals surface area contributed by atoms with E-state index in [9.17, 15) is 22.8 Å². The number of carbonyl (C=O) groups excluding carboxylic acids is 2. The van der Waals surface area contributed by atoms with Crippen molar-refractivity contribution in [1.82, 2.24) is 0 Å². The average Bonchev–Trinajstić information content (AvgIpc) is 2.48. The lowest BCUT2D eigenvalue weighted by Gasteiger charge is -2.13. The lowest BCUT2D eigenvalue weighted by molar-refractivity contribution is -0.167. The Morgan fingerprint density at radius 1 is 0.870 bits per heavy atom. The average molecular weight is 343 g/mol. The fourth-order valence-electron chi connectivity index (χ4n) is 1.69. The molecule has 0 aliphatic heterocycles. The SMILES string of the molecule is O=C(Nc1ccccc1NC(=O)C(F)(F)F)c1ccc(Cl)cc1. The molecule has 2 N–H and O–H groups in total. The van der Waals surface area contributed by atoms with Gasteiger partial charge in [0.05, 0.1) is 11.4 Å². The first-order valence-electron chi connectivity index (χ1n) is 6.31. The normalized spacial score (nSPS) is 11.0. The lowest BCUT2D eigenvalue weighted by Crippen LogP contribution is -2.30. The molecule has 2 aromatic rings. The van der Waals surface area contributed by atoms with Crippen LogP contribution in [0.15, 0.2) is 48.5 Å². The van der Waals surface area contributed by atoms with Crippen molar-refractivity contribution in [2.75, 3.05) is 10.6 Å². The highest BCUT2D eigenvalue weighted by atomic mass is 35.5. The first-order valence-corrected chi connectivity index (χ1v) is 6.69. The van der Waals surface area contributed by atoms with Crippen LogP contribution < -0.4 is 10.6 Å². The van der Waals surface area contributed by atoms with E-state index in [0.717, 1.165) is 0 Å². The highest BCUT2D eigenvalue weighted by Gasteiger charge is 2.39. The van der Waals surface area contributed by atoms with Crippen molar-refractivity contribution >= 4 is 34.8 Å². The van der Waals surface area contributed by atoms with E-state index in [1.165, 1.54) is 48.5 Å². The van der Waals surface area contributed by atoms with Gasteiger partial charge in [0.2, 0.25) is 0 Å². The summed E-state index contributed by atoms with van der Waals surface area (Å²) in [5.74, 6) is -2.67. The quantitative estimate of drug-likeness (QED) is 0.882. The van der Waals surface area contributed by atoms with Crippen molar-refractivity contribution in [2.24, 2.45) is 0 Å². The monoisotopic (exact) mass is 342 g/mol. The van der Waals surface area contributed by atoms with Gasteiger partial charge in [-0.05, 0) is 36.4 Å². The summed E-state index contributed by atoms with van der Waals surface area (Å²) in [4.78, 5) is 23.1. The molecule has 2 aromatic carbocycles. The summed E-state index contributed by atoms with van der Waals surface area (Å²) in [6.45, 7) is 0. The predicted molar refractivity (Wildman–Crippen MR) is 80.5 cm³/mol. The van der Waals surface area contributed by atoms with Crippen molar-refractivity contribution in [3.8, 4) is 0 Å². The largest absolute Gasteiger partial charge is 0.471 e. The molecular formula is C15H10ClF3N2O2. The standard InChI is InChI=1S/C15H10ClF3N2O2/c16-10-7-5-9(6-8-10)13(22)20-11-3-1-2-4-12(11)21-14(23)15(17,18)19/h1-8H,(H,20,22)(H,21,23). The molecule has 23 heavy (non-hydrogen) atoms. The van der Waals surface area contributed by atoms with Gasteiger partial charge in [0.15, 0.2) is 0 Å². The van der Waals surface area contributed by atoms with Gasteiger partial charge in [-0.25, -0.2) is 0 Å². The molecule has 120 valence electrons. The number of para-hydroxylation sites is 2. The first kappa shape index (κ1) is 16.8. The maximum atomic E-state index is 12.3. The summed E-state index contributed by atoms with van der Waals surface area (Å²) in [5, 5.41) is 4.60. The summed E-state index contributed by atoms with van der Waals surface area (Å²) in [7, 11) is 0. The molecule has 0 radical (unpaired) electrons. The topological polar surface area (TPSA) is 58.2 Å². The number of nitrogens with one attached hydrogen (secondary N) is 2. The van der Waals surface area contributed by atoms with Gasteiger partial charge in [-0.1, -0.05) is 23.7 Å². The van der Waals surface area contributed by atoms with Gasteiger partial charge in [-0.2, -0.15) is 13.2 Å². The molecule has 0 aromatic heterocycles. The van der Waals surface area contributed by atoms with Gasteiger partial charge in [-0.3, -0.25) is 9.59 Å². The number of amides is 2. The summed E-state index contributed by atoms with van der Waals surface area (Å²) >= 11 is 5.72. The summed E-state index contributed by atoms with van der Waals surface area (Å²) in [5.41, 5.74) is 0.161. The number of hydrogen-bond donors (Lipinski definition) is 2. The zero-order valence-electron chi connectivity index (χ0n) is 11.4. The van der Waals surface area contributed by atoms with Crippen molar-refractivity contribution in [1.29, 1.82) is 0 Å². The van der Waals surface area contributed by atoms with E-state index < -0.39 is 18.0 Å². The van der Waals surface area contributed by atoms with E-state index in [2.05, 4.69) is 5.32 Å². The van der Waals surface area contributed by atoms with Crippen molar-refractivity contribution in [2.45, 2.75) is 6.18 Å². The Morgan fingerprint density at radius 3 is 1.91 bits per heavy atom. The third kappa shape index (κ3) is 4.46. The molecule has 2 amide bonds. The second-order valence-electron chi connectivity index (χ2n) is 4.46. The smallest absolute Gasteiger partial charge is 0.320 e. The Balaban J connectivity index is 2.19. The lowest BCUT2D eigenvalue weighted by atomic mass is 10.2. The molecule has 0 unspecified atom stereocenters. The summed E-state index contributed by atoms with van der Waals surface area (Å²) in [6.07, 6.45) is -5.02. The molecule has 0 fully saturated rings. The summed E-state index contributed by atoms with van der Waals surface area (Å²) < 4.78 is 37.0.